The van der Waals surface area contributed by atoms with Gasteiger partial charge in [0.15, 0.2) is 0 Å². The van der Waals surface area contributed by atoms with E-state index in [9.17, 15) is 8.42 Å². The van der Waals surface area contributed by atoms with Crippen molar-refractivity contribution < 1.29 is 13.2 Å². The van der Waals surface area contributed by atoms with Crippen LogP contribution in [-0.2, 0) is 14.8 Å². The van der Waals surface area contributed by atoms with E-state index in [1.165, 1.54) is 22.8 Å². The van der Waals surface area contributed by atoms with Crippen LogP contribution < -0.4 is 5.73 Å². The first-order chi connectivity index (χ1) is 9.05. The van der Waals surface area contributed by atoms with E-state index in [1.54, 1.807) is 7.11 Å². The van der Waals surface area contributed by atoms with E-state index in [0.717, 1.165) is 12.8 Å². The van der Waals surface area contributed by atoms with Crippen LogP contribution >= 0.6 is 0 Å². The van der Waals surface area contributed by atoms with E-state index in [1.807, 2.05) is 0 Å². The third kappa shape index (κ3) is 3.05. The summed E-state index contributed by atoms with van der Waals surface area (Å²) in [6.45, 7) is 1.69. The van der Waals surface area contributed by atoms with Crippen molar-refractivity contribution in [3.63, 3.8) is 0 Å². The normalized spacial score (nSPS) is 18.6. The molecule has 0 aliphatic carbocycles. The molecule has 19 heavy (non-hydrogen) atoms. The fourth-order valence-corrected chi connectivity index (χ4v) is 3.83. The predicted molar refractivity (Wildman–Crippen MR) is 72.0 cm³/mol. The fraction of sp³-hybridized carbons (Fsp3) is 0.583. The van der Waals surface area contributed by atoms with Gasteiger partial charge in [0, 0.05) is 39.2 Å². The zero-order chi connectivity index (χ0) is 13.9. The fourth-order valence-electron chi connectivity index (χ4n) is 2.30. The Balaban J connectivity index is 2.12. The summed E-state index contributed by atoms with van der Waals surface area (Å²) in [6, 6.07) is 1.50. The van der Waals surface area contributed by atoms with Crippen molar-refractivity contribution in [1.29, 1.82) is 0 Å². The quantitative estimate of drug-likeness (QED) is 0.880. The molecule has 2 N–H and O–H groups in total. The van der Waals surface area contributed by atoms with Gasteiger partial charge in [-0.1, -0.05) is 0 Å². The van der Waals surface area contributed by atoms with Gasteiger partial charge >= 0.3 is 0 Å². The van der Waals surface area contributed by atoms with Crippen molar-refractivity contribution in [2.24, 2.45) is 5.92 Å². The maximum Gasteiger partial charge on any atom is 0.246 e. The molecule has 1 aliphatic heterocycles. The van der Waals surface area contributed by atoms with Crippen LogP contribution in [0.15, 0.2) is 23.4 Å². The molecule has 0 spiro atoms. The van der Waals surface area contributed by atoms with Crippen LogP contribution in [-0.4, -0.2) is 44.5 Å². The summed E-state index contributed by atoms with van der Waals surface area (Å²) in [5, 5.41) is 0. The van der Waals surface area contributed by atoms with Crippen LogP contribution in [0, 0.1) is 5.92 Å². The molecule has 7 heteroatoms. The number of ether oxygens (including phenoxy) is 1. The highest BCUT2D eigenvalue weighted by Gasteiger charge is 2.30. The van der Waals surface area contributed by atoms with Crippen LogP contribution in [0.2, 0.25) is 0 Å². The van der Waals surface area contributed by atoms with Crippen molar-refractivity contribution in [3.05, 3.63) is 18.5 Å². The first kappa shape index (κ1) is 14.2. The predicted octanol–water partition coefficient (Wildman–Crippen LogP) is 0.711. The second-order valence-electron chi connectivity index (χ2n) is 4.72. The summed E-state index contributed by atoms with van der Waals surface area (Å²) in [6.07, 6.45) is 4.42. The minimum absolute atomic E-state index is 0.0974. The molecule has 0 atom stereocenters. The summed E-state index contributed by atoms with van der Waals surface area (Å²) in [5.41, 5.74) is 5.97. The number of sulfonamides is 1. The number of nitrogens with zero attached hydrogens (tertiary/aromatic N) is 2. The van der Waals surface area contributed by atoms with E-state index < -0.39 is 10.0 Å². The number of aromatic nitrogens is 1. The van der Waals surface area contributed by atoms with Crippen molar-refractivity contribution in [3.8, 4) is 0 Å². The largest absolute Gasteiger partial charge is 0.398 e. The van der Waals surface area contributed by atoms with Crippen molar-refractivity contribution in [2.45, 2.75) is 17.7 Å². The number of rotatable bonds is 4. The maximum absolute atomic E-state index is 12.4. The zero-order valence-corrected chi connectivity index (χ0v) is 11.8. The summed E-state index contributed by atoms with van der Waals surface area (Å²) in [5.74, 6) is 0.433. The second kappa shape index (κ2) is 5.85. The van der Waals surface area contributed by atoms with Gasteiger partial charge in [-0.3, -0.25) is 4.98 Å². The number of nitrogens with two attached hydrogens (primary N) is 1. The topological polar surface area (TPSA) is 85.5 Å². The minimum atomic E-state index is -3.53. The van der Waals surface area contributed by atoms with Crippen LogP contribution in [0.4, 0.5) is 5.69 Å². The zero-order valence-electron chi connectivity index (χ0n) is 10.9. The van der Waals surface area contributed by atoms with Gasteiger partial charge in [0.25, 0.3) is 0 Å². The van der Waals surface area contributed by atoms with Gasteiger partial charge in [-0.25, -0.2) is 8.42 Å². The second-order valence-corrected chi connectivity index (χ2v) is 6.62. The number of hydrogen-bond donors (Lipinski definition) is 1. The monoisotopic (exact) mass is 285 g/mol. The van der Waals surface area contributed by atoms with Gasteiger partial charge in [0.1, 0.15) is 4.90 Å². The van der Waals surface area contributed by atoms with Gasteiger partial charge in [0.2, 0.25) is 10.0 Å². The number of piperidine rings is 1. The van der Waals surface area contributed by atoms with Crippen LogP contribution in [0.3, 0.4) is 0 Å². The first-order valence-corrected chi connectivity index (χ1v) is 7.68. The van der Waals surface area contributed by atoms with Gasteiger partial charge in [-0.05, 0) is 24.8 Å². The number of methoxy groups -OCH3 is 1. The summed E-state index contributed by atoms with van der Waals surface area (Å²) in [4.78, 5) is 3.94. The number of nitrogen functional groups attached to an aromatic ring is 1. The molecule has 6 nitrogen and oxygen atoms in total. The Morgan fingerprint density at radius 2 is 2.16 bits per heavy atom. The lowest BCUT2D eigenvalue weighted by Gasteiger charge is -2.30. The van der Waals surface area contributed by atoms with E-state index in [-0.39, 0.29) is 10.6 Å². The molecular formula is C12H19N3O3S. The molecule has 0 saturated carbocycles. The Kier molecular flexibility index (Phi) is 4.38. The summed E-state index contributed by atoms with van der Waals surface area (Å²) >= 11 is 0. The lowest BCUT2D eigenvalue weighted by atomic mass is 9.99. The van der Waals surface area contributed by atoms with Gasteiger partial charge in [-0.2, -0.15) is 4.31 Å². The highest BCUT2D eigenvalue weighted by atomic mass is 32.2. The molecule has 2 heterocycles. The molecule has 0 amide bonds. The Bertz CT molecular complexity index is 525. The van der Waals surface area contributed by atoms with E-state index in [4.69, 9.17) is 10.5 Å². The highest BCUT2D eigenvalue weighted by Crippen LogP contribution is 2.26. The van der Waals surface area contributed by atoms with Gasteiger partial charge in [0.05, 0.1) is 5.69 Å². The molecule has 0 bridgehead atoms. The molecule has 0 aromatic carbocycles. The van der Waals surface area contributed by atoms with Crippen molar-refractivity contribution in [2.75, 3.05) is 32.5 Å². The average molecular weight is 285 g/mol. The molecule has 1 fully saturated rings. The van der Waals surface area contributed by atoms with Crippen LogP contribution in [0.1, 0.15) is 12.8 Å². The average Bonchev–Trinajstić information content (AvgIpc) is 2.40. The Labute approximate surface area is 113 Å². The molecule has 2 rings (SSSR count). The molecule has 1 saturated heterocycles. The van der Waals surface area contributed by atoms with Crippen LogP contribution in [0.5, 0.6) is 0 Å². The highest BCUT2D eigenvalue weighted by molar-refractivity contribution is 7.89. The van der Waals surface area contributed by atoms with E-state index in [2.05, 4.69) is 4.98 Å². The molecule has 1 aromatic rings. The lowest BCUT2D eigenvalue weighted by molar-refractivity contribution is 0.121. The summed E-state index contributed by atoms with van der Waals surface area (Å²) in [7, 11) is -1.86. The van der Waals surface area contributed by atoms with Gasteiger partial charge in [-0.15, -0.1) is 0 Å². The smallest absolute Gasteiger partial charge is 0.246 e. The molecule has 1 aliphatic rings. The number of anilines is 1. The van der Waals surface area contributed by atoms with Crippen LogP contribution in [0.25, 0.3) is 0 Å². The molecule has 0 unspecified atom stereocenters. The van der Waals surface area contributed by atoms with Crippen molar-refractivity contribution in [1.82, 2.24) is 9.29 Å². The third-order valence-corrected chi connectivity index (χ3v) is 5.35. The Morgan fingerprint density at radius 1 is 1.47 bits per heavy atom. The SMILES string of the molecule is COCC1CCN(S(=O)(=O)c2cnccc2N)CC1. The molecule has 106 valence electrons. The molecular weight excluding hydrogens is 266 g/mol. The number of hydrogen-bond acceptors (Lipinski definition) is 5. The third-order valence-electron chi connectivity index (χ3n) is 3.41. The van der Waals surface area contributed by atoms with Gasteiger partial charge < -0.3 is 10.5 Å². The Hall–Kier alpha value is -1.18. The summed E-state index contributed by atoms with van der Waals surface area (Å²) < 4.78 is 31.5. The maximum atomic E-state index is 12.4. The lowest BCUT2D eigenvalue weighted by Crippen LogP contribution is -2.39. The first-order valence-electron chi connectivity index (χ1n) is 6.24. The number of pyridine rings is 1. The standard InChI is InChI=1S/C12H19N3O3S/c1-18-9-10-3-6-15(7-4-10)19(16,17)12-8-14-5-2-11(12)13/h2,5,8,10H,3-4,6-7,9H2,1H3,(H2,13,14). The minimum Gasteiger partial charge on any atom is -0.398 e. The van der Waals surface area contributed by atoms with E-state index >= 15 is 0 Å². The molecule has 0 radical (unpaired) electrons. The Morgan fingerprint density at radius 3 is 2.74 bits per heavy atom. The van der Waals surface area contributed by atoms with E-state index in [0.29, 0.717) is 25.6 Å². The van der Waals surface area contributed by atoms with Crippen molar-refractivity contribution >= 4 is 15.7 Å². The molecule has 1 aromatic heterocycles.